The van der Waals surface area contributed by atoms with Gasteiger partial charge in [-0.3, -0.25) is 0 Å². The van der Waals surface area contributed by atoms with Gasteiger partial charge in [-0.15, -0.1) is 0 Å². The van der Waals surface area contributed by atoms with Crippen LogP contribution < -0.4 is 10.4 Å². The molecule has 0 nitrogen and oxygen atoms in total. The van der Waals surface area contributed by atoms with Crippen molar-refractivity contribution in [2.75, 3.05) is 0 Å². The van der Waals surface area contributed by atoms with E-state index >= 15 is 0 Å². The molecule has 2 aromatic rings. The van der Waals surface area contributed by atoms with Gasteiger partial charge in [-0.2, -0.15) is 0 Å². The van der Waals surface area contributed by atoms with Crippen molar-refractivity contribution < 1.29 is 0 Å². The van der Waals surface area contributed by atoms with E-state index in [-0.39, 0.29) is 43.3 Å². The van der Waals surface area contributed by atoms with Crippen LogP contribution in [-0.2, 0) is 43.3 Å². The zero-order valence-electron chi connectivity index (χ0n) is 41.6. The second kappa shape index (κ2) is 16.6. The molecule has 0 radical (unpaired) electrons. The van der Waals surface area contributed by atoms with Gasteiger partial charge in [0.05, 0.1) is 0 Å². The Kier molecular flexibility index (Phi) is 13.5. The van der Waals surface area contributed by atoms with E-state index in [9.17, 15) is 0 Å². The maximum atomic E-state index is 5.23. The second-order valence-electron chi connectivity index (χ2n) is 21.4. The minimum atomic E-state index is -2.90. The van der Waals surface area contributed by atoms with Gasteiger partial charge in [-0.05, 0) is 227 Å². The van der Waals surface area contributed by atoms with E-state index in [0.717, 1.165) is 0 Å². The van der Waals surface area contributed by atoms with Gasteiger partial charge in [0, 0.05) is 0 Å². The lowest BCUT2D eigenvalue weighted by atomic mass is 9.70. The van der Waals surface area contributed by atoms with Crippen LogP contribution in [0.5, 0.6) is 0 Å². The third-order valence-corrected chi connectivity index (χ3v) is 28.2. The van der Waals surface area contributed by atoms with Crippen LogP contribution in [0, 0.1) is 0 Å². The number of benzene rings is 2. The molecule has 0 N–H and O–H groups in total. The summed E-state index contributed by atoms with van der Waals surface area (Å²) >= 11 is 10.5. The molecule has 4 aliphatic carbocycles. The third-order valence-electron chi connectivity index (χ3n) is 21.2. The first-order valence-corrected chi connectivity index (χ1v) is 32.3. The summed E-state index contributed by atoms with van der Waals surface area (Å²) < 4.78 is 0. The predicted octanol–water partition coefficient (Wildman–Crippen LogP) is 17.1. The number of halogens is 2. The van der Waals surface area contributed by atoms with E-state index in [1.54, 1.807) is 22.3 Å². The Morgan fingerprint density at radius 2 is 0.458 bits per heavy atom. The molecule has 0 heterocycles. The van der Waals surface area contributed by atoms with Crippen LogP contribution in [0.25, 0.3) is 0 Å². The highest BCUT2D eigenvalue weighted by Gasteiger charge is 2.63. The maximum Gasteiger partial charge on any atom is 0.261 e. The van der Waals surface area contributed by atoms with Gasteiger partial charge in [0.1, 0.15) is 0 Å². The van der Waals surface area contributed by atoms with Crippen molar-refractivity contribution in [2.24, 2.45) is 0 Å². The van der Waals surface area contributed by atoms with Gasteiger partial charge in [-0.25, -0.2) is 0 Å². The average molecular weight is 951 g/mol. The Morgan fingerprint density at radius 3 is 0.593 bits per heavy atom. The first kappa shape index (κ1) is 48.1. The van der Waals surface area contributed by atoms with Gasteiger partial charge in [-0.1, -0.05) is 153 Å². The highest BCUT2D eigenvalue weighted by Crippen LogP contribution is 2.66. The number of fused-ring (bicyclic) bond motifs is 4. The lowest BCUT2D eigenvalue weighted by molar-refractivity contribution is 0.278. The summed E-state index contributed by atoms with van der Waals surface area (Å²) in [5.41, 5.74) is 16.0. The SMILES string of the molecule is CCC1(CC)CC(CC)(CC)c2c1cc1c(c2[Si](Br)(Br)c2c3c(cc4c2C(CC)(CC)CC4(CC)CC)C(CC)(CC)CC3(CC)CC)C(CC)(CC)CC1(CC)CC. The topological polar surface area (TPSA) is 0 Å². The van der Waals surface area contributed by atoms with E-state index in [4.69, 9.17) is 30.6 Å². The van der Waals surface area contributed by atoms with Crippen LogP contribution in [0.15, 0.2) is 12.1 Å². The zero-order chi connectivity index (χ0) is 43.8. The Morgan fingerprint density at radius 1 is 0.305 bits per heavy atom. The standard InChI is InChI=1S/C56H90Br2Si/c1-17-49(18-2)35-53(25-9,26-10)43-39(49)33-40-44(54(27-11,28-12)36-50(40,19-3)20-4)47(43)59(57,58)48-45-41(51(21-5,22-6)37-55(45,29-13)30-14)34-42-46(48)56(31-15,32-16)38-52(42,23-7)24-8/h33-34H,17-32,35-38H2,1-16H3. The molecule has 0 aliphatic heterocycles. The normalized spacial score (nSPS) is 22.9. The molecule has 0 bridgehead atoms. The largest absolute Gasteiger partial charge is 0.261 e. The molecule has 0 fully saturated rings. The van der Waals surface area contributed by atoms with E-state index in [1.807, 2.05) is 32.6 Å². The second-order valence-corrected chi connectivity index (χ2v) is 33.9. The fraction of sp³-hybridized carbons (Fsp3) is 0.786. The lowest BCUT2D eigenvalue weighted by Gasteiger charge is -2.43. The summed E-state index contributed by atoms with van der Waals surface area (Å²) in [6.45, 7) is 40.9. The van der Waals surface area contributed by atoms with Gasteiger partial charge in [0.15, 0.2) is 0 Å². The van der Waals surface area contributed by atoms with Crippen molar-refractivity contribution in [3.63, 3.8) is 0 Å². The summed E-state index contributed by atoms with van der Waals surface area (Å²) in [6.07, 6.45) is 24.9. The van der Waals surface area contributed by atoms with Crippen LogP contribution in [0.3, 0.4) is 0 Å². The van der Waals surface area contributed by atoms with Crippen LogP contribution in [-0.4, -0.2) is 5.31 Å². The van der Waals surface area contributed by atoms with Gasteiger partial charge >= 0.3 is 0 Å². The molecule has 0 aromatic heterocycles. The first-order chi connectivity index (χ1) is 28.0. The van der Waals surface area contributed by atoms with Crippen LogP contribution in [0.1, 0.15) is 284 Å². The van der Waals surface area contributed by atoms with E-state index in [2.05, 4.69) is 123 Å². The summed E-state index contributed by atoms with van der Waals surface area (Å²) in [5, 5.41) is 0.769. The Labute approximate surface area is 383 Å². The number of rotatable bonds is 18. The van der Waals surface area contributed by atoms with E-state index < -0.39 is 5.31 Å². The van der Waals surface area contributed by atoms with Crippen molar-refractivity contribution in [2.45, 2.75) is 283 Å². The number of hydrogen-bond acceptors (Lipinski definition) is 0. The van der Waals surface area contributed by atoms with Crippen molar-refractivity contribution >= 4 is 46.3 Å². The van der Waals surface area contributed by atoms with Crippen molar-refractivity contribution in [1.29, 1.82) is 0 Å². The molecule has 0 amide bonds. The van der Waals surface area contributed by atoms with Gasteiger partial charge in [0.25, 0.3) is 5.31 Å². The molecule has 0 atom stereocenters. The molecule has 0 saturated heterocycles. The predicted molar refractivity (Wildman–Crippen MR) is 272 cm³/mol. The Balaban J connectivity index is 2.01. The van der Waals surface area contributed by atoms with E-state index in [1.165, 1.54) is 128 Å². The van der Waals surface area contributed by atoms with Crippen LogP contribution in [0.4, 0.5) is 0 Å². The zero-order valence-corrected chi connectivity index (χ0v) is 45.7. The molecule has 59 heavy (non-hydrogen) atoms. The van der Waals surface area contributed by atoms with Crippen molar-refractivity contribution in [3.8, 4) is 0 Å². The molecule has 4 aliphatic rings. The Hall–Kier alpha value is -0.383. The highest BCUT2D eigenvalue weighted by molar-refractivity contribution is 9.52. The monoisotopic (exact) mass is 949 g/mol. The molecule has 0 unspecified atom stereocenters. The first-order valence-electron chi connectivity index (χ1n) is 25.8. The molecule has 2 aromatic carbocycles. The fourth-order valence-electron chi connectivity index (χ4n) is 16.3. The van der Waals surface area contributed by atoms with E-state index in [0.29, 0.717) is 0 Å². The number of hydrogen-bond donors (Lipinski definition) is 0. The van der Waals surface area contributed by atoms with Crippen LogP contribution in [0.2, 0.25) is 0 Å². The average Bonchev–Trinajstić information content (AvgIpc) is 3.95. The molecule has 3 heteroatoms. The van der Waals surface area contributed by atoms with Crippen molar-refractivity contribution in [3.05, 3.63) is 56.6 Å². The highest BCUT2D eigenvalue weighted by atomic mass is 79.9. The lowest BCUT2D eigenvalue weighted by Crippen LogP contribution is -2.59. The van der Waals surface area contributed by atoms with Gasteiger partial charge in [0.2, 0.25) is 0 Å². The van der Waals surface area contributed by atoms with Gasteiger partial charge < -0.3 is 0 Å². The molecular formula is C56H90Br2Si. The maximum absolute atomic E-state index is 5.23. The molecule has 0 saturated carbocycles. The molecule has 6 rings (SSSR count). The summed E-state index contributed by atoms with van der Waals surface area (Å²) in [6, 6.07) is 5.86. The minimum Gasteiger partial charge on any atom is -0.0987 e. The van der Waals surface area contributed by atoms with Crippen molar-refractivity contribution in [1.82, 2.24) is 0 Å². The minimum absolute atomic E-state index is 0.177. The smallest absolute Gasteiger partial charge is 0.0987 e. The molecule has 0 spiro atoms. The third kappa shape index (κ3) is 6.05. The quantitative estimate of drug-likeness (QED) is 0.103. The molecular weight excluding hydrogens is 861 g/mol. The van der Waals surface area contributed by atoms with Crippen LogP contribution >= 0.6 is 30.6 Å². The fourth-order valence-corrected chi connectivity index (χ4v) is 24.1. The summed E-state index contributed by atoms with van der Waals surface area (Å²) in [4.78, 5) is 0. The Bertz CT molecular complexity index is 1590. The summed E-state index contributed by atoms with van der Waals surface area (Å²) in [5.74, 6) is 0. The summed E-state index contributed by atoms with van der Waals surface area (Å²) in [7, 11) is 0. The molecule has 332 valence electrons.